The van der Waals surface area contributed by atoms with Gasteiger partial charge in [-0.05, 0) is 47.1 Å². The molecule has 3 unspecified atom stereocenters. The van der Waals surface area contributed by atoms with Crippen LogP contribution in [0.15, 0.2) is 0 Å². The van der Waals surface area contributed by atoms with Crippen molar-refractivity contribution in [1.82, 2.24) is 20.5 Å². The van der Waals surface area contributed by atoms with Gasteiger partial charge in [-0.2, -0.15) is 0 Å². The fourth-order valence-corrected chi connectivity index (χ4v) is 5.08. The van der Waals surface area contributed by atoms with Gasteiger partial charge in [0.25, 0.3) is 5.91 Å². The van der Waals surface area contributed by atoms with E-state index in [4.69, 9.17) is 9.47 Å². The number of carbonyl (C=O) groups excluding carboxylic acids is 3. The molecular formula is C21H32N4O5S. The van der Waals surface area contributed by atoms with Gasteiger partial charge in [-0.15, -0.1) is 11.3 Å². The van der Waals surface area contributed by atoms with Crippen molar-refractivity contribution in [1.29, 1.82) is 0 Å². The number of fused-ring (bicyclic) bond motifs is 1. The van der Waals surface area contributed by atoms with Crippen molar-refractivity contribution in [2.75, 3.05) is 20.7 Å². The van der Waals surface area contributed by atoms with Gasteiger partial charge in [0.1, 0.15) is 5.60 Å². The van der Waals surface area contributed by atoms with Gasteiger partial charge < -0.3 is 25.0 Å². The molecule has 2 aliphatic rings. The Morgan fingerprint density at radius 1 is 1.16 bits per heavy atom. The van der Waals surface area contributed by atoms with Crippen LogP contribution >= 0.6 is 11.3 Å². The van der Waals surface area contributed by atoms with Gasteiger partial charge in [0, 0.05) is 24.4 Å². The number of alkyl carbamates (subject to hydrolysis) is 1. The van der Waals surface area contributed by atoms with Crippen LogP contribution in [0.1, 0.15) is 60.4 Å². The topological polar surface area (TPSA) is 110 Å². The van der Waals surface area contributed by atoms with Crippen molar-refractivity contribution in [2.24, 2.45) is 5.92 Å². The maximum Gasteiger partial charge on any atom is 0.407 e. The predicted octanol–water partition coefficient (Wildman–Crippen LogP) is 2.10. The van der Waals surface area contributed by atoms with Gasteiger partial charge in [-0.3, -0.25) is 9.59 Å². The number of amides is 2. The summed E-state index contributed by atoms with van der Waals surface area (Å²) in [6, 6.07) is -0.776. The maximum atomic E-state index is 13.0. The number of nitrogens with zero attached hydrogens (tertiary/aromatic N) is 2. The van der Waals surface area contributed by atoms with Crippen LogP contribution in [0.3, 0.4) is 0 Å². The second-order valence-corrected chi connectivity index (χ2v) is 10.3. The van der Waals surface area contributed by atoms with Gasteiger partial charge in [0.15, 0.2) is 5.01 Å². The minimum absolute atomic E-state index is 0.284. The zero-order valence-corrected chi connectivity index (χ0v) is 19.6. The summed E-state index contributed by atoms with van der Waals surface area (Å²) in [6.07, 6.45) is 1.76. The summed E-state index contributed by atoms with van der Waals surface area (Å²) in [7, 11) is 3.41. The number of methoxy groups -OCH3 is 1. The van der Waals surface area contributed by atoms with Crippen molar-refractivity contribution in [2.45, 2.75) is 70.7 Å². The molecule has 172 valence electrons. The van der Waals surface area contributed by atoms with Crippen molar-refractivity contribution >= 4 is 29.3 Å². The molecule has 0 saturated heterocycles. The van der Waals surface area contributed by atoms with Crippen LogP contribution in [0.5, 0.6) is 0 Å². The Balaban J connectivity index is 1.71. The summed E-state index contributed by atoms with van der Waals surface area (Å²) in [4.78, 5) is 45.2. The van der Waals surface area contributed by atoms with E-state index in [2.05, 4.69) is 20.5 Å². The normalized spacial score (nSPS) is 24.1. The SMILES string of the molecule is COC(=O)C1CCC(NC(=O)OC(C)(C)C)C(NC(=O)c2nc3c(s2)CN(C)CC3)C1. The van der Waals surface area contributed by atoms with Crippen LogP contribution in [-0.4, -0.2) is 66.2 Å². The fourth-order valence-electron chi connectivity index (χ4n) is 3.99. The molecule has 3 rings (SSSR count). The number of nitrogens with one attached hydrogen (secondary N) is 2. The first-order valence-electron chi connectivity index (χ1n) is 10.6. The number of carbonyl (C=O) groups is 3. The lowest BCUT2D eigenvalue weighted by Gasteiger charge is -2.36. The zero-order valence-electron chi connectivity index (χ0n) is 18.8. The van der Waals surface area contributed by atoms with E-state index in [1.54, 1.807) is 20.8 Å². The van der Waals surface area contributed by atoms with E-state index in [1.807, 2.05) is 7.05 Å². The average Bonchev–Trinajstić information content (AvgIpc) is 3.10. The van der Waals surface area contributed by atoms with E-state index in [9.17, 15) is 14.4 Å². The Hall–Kier alpha value is -2.20. The summed E-state index contributed by atoms with van der Waals surface area (Å²) in [5.41, 5.74) is 0.354. The van der Waals surface area contributed by atoms with E-state index in [-0.39, 0.29) is 23.8 Å². The number of hydrogen-bond acceptors (Lipinski definition) is 8. The smallest absolute Gasteiger partial charge is 0.407 e. The molecule has 0 aromatic carbocycles. The number of thiazole rings is 1. The monoisotopic (exact) mass is 452 g/mol. The molecular weight excluding hydrogens is 420 g/mol. The third kappa shape index (κ3) is 6.16. The second-order valence-electron chi connectivity index (χ2n) is 9.24. The molecule has 31 heavy (non-hydrogen) atoms. The highest BCUT2D eigenvalue weighted by atomic mass is 32.1. The number of ether oxygens (including phenoxy) is 2. The molecule has 3 atom stereocenters. The lowest BCUT2D eigenvalue weighted by atomic mass is 9.82. The van der Waals surface area contributed by atoms with E-state index < -0.39 is 17.7 Å². The third-order valence-corrected chi connectivity index (χ3v) is 6.60. The van der Waals surface area contributed by atoms with Gasteiger partial charge in [-0.25, -0.2) is 9.78 Å². The van der Waals surface area contributed by atoms with Crippen LogP contribution in [-0.2, 0) is 27.2 Å². The zero-order chi connectivity index (χ0) is 22.8. The molecule has 1 aliphatic carbocycles. The molecule has 0 spiro atoms. The number of aromatic nitrogens is 1. The standard InChI is InChI=1S/C21H32N4O5S/c1-21(2,3)30-20(28)24-13-7-6-12(19(27)29-5)10-15(13)22-17(26)18-23-14-8-9-25(4)11-16(14)31-18/h12-13,15H,6-11H2,1-5H3,(H,22,26)(H,24,28). The Morgan fingerprint density at radius 3 is 2.58 bits per heavy atom. The number of rotatable bonds is 4. The molecule has 2 N–H and O–H groups in total. The molecule has 1 aromatic heterocycles. The van der Waals surface area contributed by atoms with Gasteiger partial charge in [0.2, 0.25) is 0 Å². The molecule has 0 bridgehead atoms. The minimum Gasteiger partial charge on any atom is -0.469 e. The first-order valence-corrected chi connectivity index (χ1v) is 11.4. The predicted molar refractivity (Wildman–Crippen MR) is 116 cm³/mol. The summed E-state index contributed by atoms with van der Waals surface area (Å²) in [6.45, 7) is 7.09. The van der Waals surface area contributed by atoms with Crippen LogP contribution in [0, 0.1) is 5.92 Å². The molecule has 1 aromatic rings. The average molecular weight is 453 g/mol. The van der Waals surface area contributed by atoms with Crippen LogP contribution in [0.4, 0.5) is 4.79 Å². The van der Waals surface area contributed by atoms with Crippen LogP contribution < -0.4 is 10.6 Å². The Morgan fingerprint density at radius 2 is 1.90 bits per heavy atom. The molecule has 2 heterocycles. The Labute approximate surface area is 186 Å². The number of esters is 1. The van der Waals surface area contributed by atoms with E-state index >= 15 is 0 Å². The number of hydrogen-bond donors (Lipinski definition) is 2. The third-order valence-electron chi connectivity index (χ3n) is 5.52. The maximum absolute atomic E-state index is 13.0. The Kier molecular flexibility index (Phi) is 7.20. The van der Waals surface area contributed by atoms with E-state index in [0.29, 0.717) is 24.3 Å². The fraction of sp³-hybridized carbons (Fsp3) is 0.714. The molecule has 2 amide bonds. The highest BCUT2D eigenvalue weighted by Gasteiger charge is 2.37. The molecule has 0 radical (unpaired) electrons. The van der Waals surface area contributed by atoms with E-state index in [1.165, 1.54) is 18.4 Å². The Bertz CT molecular complexity index is 834. The highest BCUT2D eigenvalue weighted by Crippen LogP contribution is 2.28. The minimum atomic E-state index is -0.626. The van der Waals surface area contributed by atoms with Crippen LogP contribution in [0.2, 0.25) is 0 Å². The first kappa shape index (κ1) is 23.5. The van der Waals surface area contributed by atoms with Gasteiger partial charge in [-0.1, -0.05) is 0 Å². The summed E-state index contributed by atoms with van der Waals surface area (Å²) >= 11 is 1.40. The quantitative estimate of drug-likeness (QED) is 0.673. The van der Waals surface area contributed by atoms with Gasteiger partial charge >= 0.3 is 12.1 Å². The molecule has 1 saturated carbocycles. The van der Waals surface area contributed by atoms with Crippen molar-refractivity contribution in [3.8, 4) is 0 Å². The number of likely N-dealkylation sites (N-methyl/N-ethyl adjacent to an activating group) is 1. The van der Waals surface area contributed by atoms with Crippen molar-refractivity contribution in [3.63, 3.8) is 0 Å². The molecule has 1 aliphatic heterocycles. The summed E-state index contributed by atoms with van der Waals surface area (Å²) in [5.74, 6) is -0.915. The first-order chi connectivity index (χ1) is 14.6. The second kappa shape index (κ2) is 9.52. The molecule has 9 nitrogen and oxygen atoms in total. The highest BCUT2D eigenvalue weighted by molar-refractivity contribution is 7.13. The van der Waals surface area contributed by atoms with Gasteiger partial charge in [0.05, 0.1) is 30.8 Å². The summed E-state index contributed by atoms with van der Waals surface area (Å²) < 4.78 is 10.3. The lowest BCUT2D eigenvalue weighted by Crippen LogP contribution is -2.56. The lowest BCUT2D eigenvalue weighted by molar-refractivity contribution is -0.146. The molecule has 1 fully saturated rings. The van der Waals surface area contributed by atoms with Crippen molar-refractivity contribution < 1.29 is 23.9 Å². The largest absolute Gasteiger partial charge is 0.469 e. The molecule has 10 heteroatoms. The van der Waals surface area contributed by atoms with Crippen molar-refractivity contribution in [3.05, 3.63) is 15.6 Å². The van der Waals surface area contributed by atoms with Crippen LogP contribution in [0.25, 0.3) is 0 Å². The van der Waals surface area contributed by atoms with E-state index in [0.717, 1.165) is 30.1 Å². The summed E-state index contributed by atoms with van der Waals surface area (Å²) in [5, 5.41) is 6.28.